The smallest absolute Gasteiger partial charge is 0.295 e. The normalized spacial score (nSPS) is 14.4. The number of anilines is 2. The first-order valence-electron chi connectivity index (χ1n) is 5.92. The van der Waals surface area contributed by atoms with Gasteiger partial charge in [-0.25, -0.2) is 9.37 Å². The minimum absolute atomic E-state index is 0.00345. The molecule has 2 aromatic rings. The summed E-state index contributed by atoms with van der Waals surface area (Å²) in [5, 5.41) is 8.94. The number of carbonyl (C=O) groups excluding carboxylic acids is 1. The standard InChI is InChI=1S/C12H12FN5O/c13-8-4-3-7(14)5-9(8)15-12(19)11-16-10(17-18-11)6-1-2-6/h3-6H,1-2,14H2,(H,15,19)(H,16,17,18). The van der Waals surface area contributed by atoms with Crippen molar-refractivity contribution < 1.29 is 9.18 Å². The van der Waals surface area contributed by atoms with Gasteiger partial charge in [0.15, 0.2) is 0 Å². The highest BCUT2D eigenvalue weighted by molar-refractivity contribution is 6.01. The number of amides is 1. The Kier molecular flexibility index (Phi) is 2.66. The average molecular weight is 261 g/mol. The number of H-pyrrole nitrogens is 1. The number of aromatic amines is 1. The molecular formula is C12H12FN5O. The molecule has 0 saturated heterocycles. The van der Waals surface area contributed by atoms with Crippen LogP contribution >= 0.6 is 0 Å². The number of nitrogen functional groups attached to an aromatic ring is 1. The molecule has 1 aliphatic carbocycles. The maximum atomic E-state index is 13.5. The van der Waals surface area contributed by atoms with Crippen molar-refractivity contribution in [3.05, 3.63) is 35.7 Å². The quantitative estimate of drug-likeness (QED) is 0.732. The predicted octanol–water partition coefficient (Wildman–Crippen LogP) is 1.66. The molecule has 0 spiro atoms. The first-order chi connectivity index (χ1) is 9.13. The molecule has 0 aliphatic heterocycles. The fraction of sp³-hybridized carbons (Fsp3) is 0.250. The molecule has 1 aromatic carbocycles. The van der Waals surface area contributed by atoms with Gasteiger partial charge in [-0.05, 0) is 31.0 Å². The van der Waals surface area contributed by atoms with E-state index in [2.05, 4.69) is 20.5 Å². The summed E-state index contributed by atoms with van der Waals surface area (Å²) in [6.45, 7) is 0. The van der Waals surface area contributed by atoms with Gasteiger partial charge in [0.05, 0.1) is 5.69 Å². The zero-order valence-electron chi connectivity index (χ0n) is 9.98. The van der Waals surface area contributed by atoms with Crippen LogP contribution in [0.5, 0.6) is 0 Å². The first-order valence-corrected chi connectivity index (χ1v) is 5.92. The molecule has 0 radical (unpaired) electrons. The van der Waals surface area contributed by atoms with E-state index in [1.165, 1.54) is 18.2 Å². The number of nitrogens with zero attached hydrogens (tertiary/aromatic N) is 2. The average Bonchev–Trinajstić information content (AvgIpc) is 3.11. The van der Waals surface area contributed by atoms with Gasteiger partial charge in [-0.2, -0.15) is 0 Å². The zero-order valence-corrected chi connectivity index (χ0v) is 9.98. The van der Waals surface area contributed by atoms with Crippen molar-refractivity contribution >= 4 is 17.3 Å². The molecular weight excluding hydrogens is 249 g/mol. The lowest BCUT2D eigenvalue weighted by Crippen LogP contribution is -2.15. The summed E-state index contributed by atoms with van der Waals surface area (Å²) < 4.78 is 13.5. The number of hydrogen-bond donors (Lipinski definition) is 3. The lowest BCUT2D eigenvalue weighted by atomic mass is 10.2. The van der Waals surface area contributed by atoms with E-state index >= 15 is 0 Å². The Hall–Kier alpha value is -2.44. The van der Waals surface area contributed by atoms with Gasteiger partial charge in [-0.3, -0.25) is 9.89 Å². The minimum Gasteiger partial charge on any atom is -0.399 e. The maximum Gasteiger partial charge on any atom is 0.295 e. The van der Waals surface area contributed by atoms with Crippen LogP contribution in [0.3, 0.4) is 0 Å². The SMILES string of the molecule is Nc1ccc(F)c(NC(=O)c2n[nH]c(C3CC3)n2)c1. The van der Waals surface area contributed by atoms with Gasteiger partial charge >= 0.3 is 0 Å². The highest BCUT2D eigenvalue weighted by atomic mass is 19.1. The first kappa shape index (κ1) is 11.6. The second-order valence-corrected chi connectivity index (χ2v) is 4.51. The topological polar surface area (TPSA) is 96.7 Å². The highest BCUT2D eigenvalue weighted by Crippen LogP contribution is 2.37. The molecule has 4 N–H and O–H groups in total. The molecule has 1 fully saturated rings. The Labute approximate surface area is 108 Å². The van der Waals surface area contributed by atoms with Gasteiger partial charge < -0.3 is 11.1 Å². The summed E-state index contributed by atoms with van der Waals surface area (Å²) in [5.41, 5.74) is 5.92. The van der Waals surface area contributed by atoms with Crippen molar-refractivity contribution in [3.63, 3.8) is 0 Å². The summed E-state index contributed by atoms with van der Waals surface area (Å²) in [6, 6.07) is 3.96. The van der Waals surface area contributed by atoms with Gasteiger partial charge in [0.25, 0.3) is 5.91 Å². The number of halogens is 1. The van der Waals surface area contributed by atoms with E-state index in [1.807, 2.05) is 0 Å². The van der Waals surface area contributed by atoms with Crippen LogP contribution in [0.2, 0.25) is 0 Å². The second-order valence-electron chi connectivity index (χ2n) is 4.51. The molecule has 0 bridgehead atoms. The molecule has 1 aliphatic rings. The van der Waals surface area contributed by atoms with Crippen molar-refractivity contribution in [2.45, 2.75) is 18.8 Å². The lowest BCUT2D eigenvalue weighted by Gasteiger charge is -2.04. The number of hydrogen-bond acceptors (Lipinski definition) is 4. The molecule has 1 amide bonds. The number of nitrogens with two attached hydrogens (primary N) is 1. The van der Waals surface area contributed by atoms with Gasteiger partial charge in [-0.15, -0.1) is 5.10 Å². The molecule has 19 heavy (non-hydrogen) atoms. The summed E-state index contributed by atoms with van der Waals surface area (Å²) in [5.74, 6) is -0.0340. The van der Waals surface area contributed by atoms with E-state index in [1.54, 1.807) is 0 Å². The van der Waals surface area contributed by atoms with Crippen molar-refractivity contribution in [3.8, 4) is 0 Å². The van der Waals surface area contributed by atoms with Gasteiger partial charge in [0.2, 0.25) is 5.82 Å². The molecule has 1 aromatic heterocycles. The van der Waals surface area contributed by atoms with E-state index in [4.69, 9.17) is 5.73 Å². The molecule has 7 heteroatoms. The van der Waals surface area contributed by atoms with E-state index < -0.39 is 11.7 Å². The molecule has 6 nitrogen and oxygen atoms in total. The monoisotopic (exact) mass is 261 g/mol. The molecule has 0 unspecified atom stereocenters. The van der Waals surface area contributed by atoms with Crippen molar-refractivity contribution in [1.29, 1.82) is 0 Å². The Morgan fingerprint density at radius 2 is 2.26 bits per heavy atom. The molecule has 1 heterocycles. The summed E-state index contributed by atoms with van der Waals surface area (Å²) >= 11 is 0. The number of nitrogens with one attached hydrogen (secondary N) is 2. The van der Waals surface area contributed by atoms with E-state index in [9.17, 15) is 9.18 Å². The van der Waals surface area contributed by atoms with Crippen molar-refractivity contribution in [2.75, 3.05) is 11.1 Å². The summed E-state index contributed by atoms with van der Waals surface area (Å²) in [6.07, 6.45) is 2.11. The van der Waals surface area contributed by atoms with Gasteiger partial charge in [0, 0.05) is 11.6 Å². The van der Waals surface area contributed by atoms with E-state index in [-0.39, 0.29) is 11.5 Å². The van der Waals surface area contributed by atoms with Gasteiger partial charge in [-0.1, -0.05) is 0 Å². The molecule has 1 saturated carbocycles. The number of benzene rings is 1. The van der Waals surface area contributed by atoms with Crippen molar-refractivity contribution in [1.82, 2.24) is 15.2 Å². The third-order valence-electron chi connectivity index (χ3n) is 2.91. The van der Waals surface area contributed by atoms with Crippen LogP contribution in [0, 0.1) is 5.82 Å². The number of carbonyl (C=O) groups is 1. The largest absolute Gasteiger partial charge is 0.399 e. The minimum atomic E-state index is -0.562. The Bertz CT molecular complexity index is 635. The lowest BCUT2D eigenvalue weighted by molar-refractivity contribution is 0.101. The Morgan fingerprint density at radius 1 is 1.47 bits per heavy atom. The van der Waals surface area contributed by atoms with E-state index in [0.29, 0.717) is 17.4 Å². The molecule has 0 atom stereocenters. The summed E-state index contributed by atoms with van der Waals surface area (Å²) in [4.78, 5) is 16.0. The number of rotatable bonds is 3. The van der Waals surface area contributed by atoms with Crippen LogP contribution in [-0.4, -0.2) is 21.1 Å². The van der Waals surface area contributed by atoms with Crippen LogP contribution < -0.4 is 11.1 Å². The number of aromatic nitrogens is 3. The van der Waals surface area contributed by atoms with Gasteiger partial charge in [0.1, 0.15) is 11.6 Å². The predicted molar refractivity (Wildman–Crippen MR) is 67.1 cm³/mol. The van der Waals surface area contributed by atoms with Crippen LogP contribution in [0.25, 0.3) is 0 Å². The van der Waals surface area contributed by atoms with Crippen LogP contribution in [0.1, 0.15) is 35.2 Å². The fourth-order valence-electron chi connectivity index (χ4n) is 1.73. The fourth-order valence-corrected chi connectivity index (χ4v) is 1.73. The summed E-state index contributed by atoms with van der Waals surface area (Å²) in [7, 11) is 0. The van der Waals surface area contributed by atoms with Crippen molar-refractivity contribution in [2.24, 2.45) is 0 Å². The highest BCUT2D eigenvalue weighted by Gasteiger charge is 2.28. The van der Waals surface area contributed by atoms with Crippen LogP contribution in [0.15, 0.2) is 18.2 Å². The third-order valence-corrected chi connectivity index (χ3v) is 2.91. The Balaban J connectivity index is 1.77. The zero-order chi connectivity index (χ0) is 13.4. The second kappa shape index (κ2) is 4.34. The van der Waals surface area contributed by atoms with Crippen LogP contribution in [-0.2, 0) is 0 Å². The van der Waals surface area contributed by atoms with E-state index in [0.717, 1.165) is 12.8 Å². The third kappa shape index (κ3) is 2.40. The molecule has 3 rings (SSSR count). The molecule has 98 valence electrons. The Morgan fingerprint density at radius 3 is 3.00 bits per heavy atom. The van der Waals surface area contributed by atoms with Crippen LogP contribution in [0.4, 0.5) is 15.8 Å². The maximum absolute atomic E-state index is 13.5.